The quantitative estimate of drug-likeness (QED) is 0.506. The van der Waals surface area contributed by atoms with Gasteiger partial charge in [0.1, 0.15) is 5.54 Å². The van der Waals surface area contributed by atoms with Gasteiger partial charge in [-0.2, -0.15) is 0 Å². The Hall–Kier alpha value is -2.12. The van der Waals surface area contributed by atoms with Gasteiger partial charge in [-0.3, -0.25) is 30.1 Å². The number of hydrogen-bond acceptors (Lipinski definition) is 4. The molecule has 8 nitrogen and oxygen atoms in total. The summed E-state index contributed by atoms with van der Waals surface area (Å²) in [6.07, 6.45) is 8.83. The molecule has 0 aromatic heterocycles. The van der Waals surface area contributed by atoms with Crippen molar-refractivity contribution in [2.24, 2.45) is 5.92 Å². The number of rotatable bonds is 5. The van der Waals surface area contributed by atoms with E-state index in [4.69, 9.17) is 0 Å². The zero-order valence-corrected chi connectivity index (χ0v) is 15.1. The predicted molar refractivity (Wildman–Crippen MR) is 93.5 cm³/mol. The van der Waals surface area contributed by atoms with Crippen molar-refractivity contribution in [3.05, 3.63) is 0 Å². The second-order valence-electron chi connectivity index (χ2n) is 7.65. The van der Waals surface area contributed by atoms with Crippen molar-refractivity contribution in [2.75, 3.05) is 6.54 Å². The fourth-order valence-electron chi connectivity index (χ4n) is 4.26. The van der Waals surface area contributed by atoms with Crippen LogP contribution in [-0.2, 0) is 14.4 Å². The summed E-state index contributed by atoms with van der Waals surface area (Å²) in [4.78, 5) is 49.6. The summed E-state index contributed by atoms with van der Waals surface area (Å²) in [6, 6.07) is -0.358. The Morgan fingerprint density at radius 2 is 1.73 bits per heavy atom. The lowest BCUT2D eigenvalue weighted by atomic mass is 9.89. The molecule has 0 aromatic rings. The molecule has 0 radical (unpaired) electrons. The van der Waals surface area contributed by atoms with Crippen molar-refractivity contribution in [3.8, 4) is 0 Å². The van der Waals surface area contributed by atoms with Gasteiger partial charge in [0.2, 0.25) is 11.8 Å². The predicted octanol–water partition coefficient (Wildman–Crippen LogP) is 1.36. The molecule has 3 N–H and O–H groups in total. The van der Waals surface area contributed by atoms with Crippen LogP contribution in [0.3, 0.4) is 0 Å². The van der Waals surface area contributed by atoms with E-state index >= 15 is 0 Å². The van der Waals surface area contributed by atoms with Crippen LogP contribution in [0.25, 0.3) is 0 Å². The molecule has 1 spiro atoms. The Morgan fingerprint density at radius 1 is 1.04 bits per heavy atom. The van der Waals surface area contributed by atoms with Gasteiger partial charge >= 0.3 is 6.03 Å². The maximum atomic E-state index is 12.5. The van der Waals surface area contributed by atoms with Gasteiger partial charge in [0.25, 0.3) is 5.91 Å². The Bertz CT molecular complexity index is 580. The van der Waals surface area contributed by atoms with Crippen LogP contribution in [0.4, 0.5) is 4.79 Å². The molecule has 144 valence electrons. The van der Waals surface area contributed by atoms with E-state index in [0.717, 1.165) is 38.5 Å². The van der Waals surface area contributed by atoms with Crippen LogP contribution in [0.5, 0.6) is 0 Å². The van der Waals surface area contributed by atoms with Crippen LogP contribution in [0, 0.1) is 5.92 Å². The second kappa shape index (κ2) is 8.05. The van der Waals surface area contributed by atoms with Gasteiger partial charge in [-0.1, -0.05) is 32.1 Å². The van der Waals surface area contributed by atoms with Gasteiger partial charge in [-0.15, -0.1) is 0 Å². The number of urea groups is 1. The molecule has 26 heavy (non-hydrogen) atoms. The van der Waals surface area contributed by atoms with E-state index in [9.17, 15) is 19.2 Å². The molecular weight excluding hydrogens is 336 g/mol. The highest BCUT2D eigenvalue weighted by Crippen LogP contribution is 2.35. The number of nitrogens with one attached hydrogen (secondary N) is 3. The maximum Gasteiger partial charge on any atom is 0.325 e. The zero-order valence-electron chi connectivity index (χ0n) is 15.1. The number of carbonyl (C=O) groups excluding carboxylic acids is 4. The number of hydrazine groups is 1. The van der Waals surface area contributed by atoms with Crippen LogP contribution >= 0.6 is 0 Å². The minimum Gasteiger partial charge on any atom is -0.323 e. The van der Waals surface area contributed by atoms with Gasteiger partial charge in [-0.05, 0) is 32.1 Å². The summed E-state index contributed by atoms with van der Waals surface area (Å²) in [7, 11) is 0. The van der Waals surface area contributed by atoms with E-state index < -0.39 is 5.54 Å². The first kappa shape index (κ1) is 18.7. The third-order valence-corrected chi connectivity index (χ3v) is 5.79. The van der Waals surface area contributed by atoms with Gasteiger partial charge in [0.05, 0.1) is 0 Å². The third-order valence-electron chi connectivity index (χ3n) is 5.79. The molecule has 2 aliphatic carbocycles. The summed E-state index contributed by atoms with van der Waals surface area (Å²) < 4.78 is 0. The fraction of sp³-hybridized carbons (Fsp3) is 0.778. The van der Waals surface area contributed by atoms with Crippen molar-refractivity contribution < 1.29 is 19.2 Å². The molecular formula is C18H28N4O4. The highest BCUT2D eigenvalue weighted by molar-refractivity contribution is 6.07. The largest absolute Gasteiger partial charge is 0.325 e. The van der Waals surface area contributed by atoms with Crippen LogP contribution in [0.1, 0.15) is 70.6 Å². The summed E-state index contributed by atoms with van der Waals surface area (Å²) in [6.45, 7) is 0.219. The van der Waals surface area contributed by atoms with Crippen LogP contribution in [-0.4, -0.2) is 40.7 Å². The van der Waals surface area contributed by atoms with E-state index in [0.29, 0.717) is 19.3 Å². The number of hydrogen-bond donors (Lipinski definition) is 3. The second-order valence-corrected chi connectivity index (χ2v) is 7.65. The molecule has 0 bridgehead atoms. The first-order valence-electron chi connectivity index (χ1n) is 9.75. The molecule has 3 fully saturated rings. The summed E-state index contributed by atoms with van der Waals surface area (Å²) in [5.74, 6) is -0.615. The molecule has 1 saturated heterocycles. The molecule has 2 saturated carbocycles. The molecule has 0 aromatic carbocycles. The molecule has 0 atom stereocenters. The van der Waals surface area contributed by atoms with Crippen LogP contribution in [0.15, 0.2) is 0 Å². The number of carbonyl (C=O) groups is 4. The highest BCUT2D eigenvalue weighted by Gasteiger charge is 2.52. The smallest absolute Gasteiger partial charge is 0.323 e. The van der Waals surface area contributed by atoms with Crippen LogP contribution < -0.4 is 16.2 Å². The third kappa shape index (κ3) is 3.99. The number of amides is 5. The number of imide groups is 1. The molecule has 8 heteroatoms. The Labute approximate surface area is 153 Å². The molecule has 1 heterocycles. The van der Waals surface area contributed by atoms with Crippen molar-refractivity contribution in [2.45, 2.75) is 76.2 Å². The molecule has 1 aliphatic heterocycles. The maximum absolute atomic E-state index is 12.5. The Morgan fingerprint density at radius 3 is 2.42 bits per heavy atom. The average molecular weight is 364 g/mol. The fourth-order valence-corrected chi connectivity index (χ4v) is 4.26. The van der Waals surface area contributed by atoms with E-state index in [1.54, 1.807) is 0 Å². The summed E-state index contributed by atoms with van der Waals surface area (Å²) >= 11 is 0. The first-order valence-corrected chi connectivity index (χ1v) is 9.75. The highest BCUT2D eigenvalue weighted by atomic mass is 16.2. The van der Waals surface area contributed by atoms with E-state index in [1.807, 2.05) is 0 Å². The number of nitrogens with zero attached hydrogens (tertiary/aromatic N) is 1. The standard InChI is InChI=1S/C18H28N4O4/c23-14(20-21-15(24)13-7-2-1-3-8-13)9-6-12-22-16(25)18(19-17(22)26)10-4-5-11-18/h13H,1-12H2,(H,19,26)(H,20,23)(H,21,24). The van der Waals surface area contributed by atoms with Gasteiger partial charge in [0.15, 0.2) is 0 Å². The Balaban J connectivity index is 1.36. The van der Waals surface area contributed by atoms with Gasteiger partial charge in [-0.25, -0.2) is 4.79 Å². The van der Waals surface area contributed by atoms with Crippen molar-refractivity contribution >= 4 is 23.8 Å². The minimum absolute atomic E-state index is 0.0161. The minimum atomic E-state index is -0.701. The van der Waals surface area contributed by atoms with E-state index in [-0.39, 0.29) is 42.6 Å². The zero-order chi connectivity index (χ0) is 18.6. The lowest BCUT2D eigenvalue weighted by Gasteiger charge is -2.21. The van der Waals surface area contributed by atoms with Crippen molar-refractivity contribution in [3.63, 3.8) is 0 Å². The topological polar surface area (TPSA) is 108 Å². The van der Waals surface area contributed by atoms with Crippen LogP contribution in [0.2, 0.25) is 0 Å². The SMILES string of the molecule is O=C(CCCN1C(=O)NC2(CCCC2)C1=O)NNC(=O)C1CCCCC1. The lowest BCUT2D eigenvalue weighted by molar-refractivity contribution is -0.132. The van der Waals surface area contributed by atoms with E-state index in [2.05, 4.69) is 16.2 Å². The Kier molecular flexibility index (Phi) is 5.78. The van der Waals surface area contributed by atoms with E-state index in [1.165, 1.54) is 11.3 Å². The normalized spacial score (nSPS) is 22.5. The van der Waals surface area contributed by atoms with Gasteiger partial charge < -0.3 is 5.32 Å². The average Bonchev–Trinajstić information content (AvgIpc) is 3.21. The molecule has 3 rings (SSSR count). The van der Waals surface area contributed by atoms with Gasteiger partial charge in [0, 0.05) is 18.9 Å². The monoisotopic (exact) mass is 364 g/mol. The lowest BCUT2D eigenvalue weighted by Crippen LogP contribution is -2.45. The molecule has 3 aliphatic rings. The first-order chi connectivity index (χ1) is 12.5. The van der Waals surface area contributed by atoms with Crippen molar-refractivity contribution in [1.82, 2.24) is 21.1 Å². The molecule has 5 amide bonds. The van der Waals surface area contributed by atoms with Crippen molar-refractivity contribution in [1.29, 1.82) is 0 Å². The summed E-state index contributed by atoms with van der Waals surface area (Å²) in [5, 5.41) is 2.82. The molecule has 0 unspecified atom stereocenters. The summed E-state index contributed by atoms with van der Waals surface area (Å²) in [5.41, 5.74) is 4.22.